The Hall–Kier alpha value is -0.650. The van der Waals surface area contributed by atoms with E-state index >= 15 is 0 Å². The summed E-state index contributed by atoms with van der Waals surface area (Å²) in [5, 5.41) is 0. The van der Waals surface area contributed by atoms with Crippen molar-refractivity contribution in [2.24, 2.45) is 5.92 Å². The molecule has 0 heterocycles. The molecule has 0 fully saturated rings. The van der Waals surface area contributed by atoms with Crippen LogP contribution in [0.1, 0.15) is 26.2 Å². The highest BCUT2D eigenvalue weighted by atomic mass is 14.2. The fourth-order valence-corrected chi connectivity index (χ4v) is 1.81. The molecule has 0 aliphatic heterocycles. The molecule has 0 aromatic carbocycles. The smallest absolute Gasteiger partial charge is 0.0381 e. The Morgan fingerprint density at radius 2 is 2.40 bits per heavy atom. The zero-order valence-corrected chi connectivity index (χ0v) is 6.43. The van der Waals surface area contributed by atoms with Crippen LogP contribution in [0.2, 0.25) is 0 Å². The molecule has 0 aromatic heterocycles. The van der Waals surface area contributed by atoms with Crippen LogP contribution >= 0.6 is 0 Å². The molecule has 0 bridgehead atoms. The van der Waals surface area contributed by atoms with Gasteiger partial charge in [-0.3, -0.25) is 0 Å². The van der Waals surface area contributed by atoms with Gasteiger partial charge in [-0.1, -0.05) is 0 Å². The molecule has 10 heavy (non-hydrogen) atoms. The quantitative estimate of drug-likeness (QED) is 0.446. The summed E-state index contributed by atoms with van der Waals surface area (Å²) in [5.41, 5.74) is 3.22. The van der Waals surface area contributed by atoms with Crippen molar-refractivity contribution >= 4 is 0 Å². The highest BCUT2D eigenvalue weighted by Crippen LogP contribution is 2.34. The lowest BCUT2D eigenvalue weighted by atomic mass is 9.93. The van der Waals surface area contributed by atoms with Crippen LogP contribution in [-0.2, 0) is 0 Å². The molecule has 0 saturated carbocycles. The molecule has 0 heteroatoms. The van der Waals surface area contributed by atoms with E-state index in [1.54, 1.807) is 11.1 Å². The van der Waals surface area contributed by atoms with E-state index in [1.807, 2.05) is 0 Å². The van der Waals surface area contributed by atoms with Crippen molar-refractivity contribution < 1.29 is 0 Å². The summed E-state index contributed by atoms with van der Waals surface area (Å²) in [6.07, 6.45) is 11.0. The third-order valence-corrected chi connectivity index (χ3v) is 2.37. The minimum absolute atomic E-state index is 0.678. The Labute approximate surface area is 62.6 Å². The van der Waals surface area contributed by atoms with Crippen LogP contribution in [-0.4, -0.2) is 0 Å². The van der Waals surface area contributed by atoms with Crippen LogP contribution in [0.4, 0.5) is 0 Å². The highest BCUT2D eigenvalue weighted by Gasteiger charge is 2.26. The molecular formula is C10H13+. The lowest BCUT2D eigenvalue weighted by Gasteiger charge is -2.04. The van der Waals surface area contributed by atoms with Crippen molar-refractivity contribution in [3.8, 4) is 0 Å². The normalized spacial score (nSPS) is 30.3. The van der Waals surface area contributed by atoms with Crippen molar-refractivity contribution in [2.75, 3.05) is 0 Å². The molecule has 0 unspecified atom stereocenters. The van der Waals surface area contributed by atoms with E-state index in [4.69, 9.17) is 0 Å². The third-order valence-electron chi connectivity index (χ3n) is 2.37. The van der Waals surface area contributed by atoms with E-state index in [0.29, 0.717) is 5.92 Å². The van der Waals surface area contributed by atoms with Gasteiger partial charge in [-0.25, -0.2) is 0 Å². The van der Waals surface area contributed by atoms with Gasteiger partial charge in [-0.2, -0.15) is 0 Å². The van der Waals surface area contributed by atoms with Gasteiger partial charge in [0.05, 0.1) is 17.9 Å². The van der Waals surface area contributed by atoms with Gasteiger partial charge >= 0.3 is 0 Å². The van der Waals surface area contributed by atoms with Crippen molar-refractivity contribution in [3.05, 3.63) is 29.7 Å². The Morgan fingerprint density at radius 3 is 3.30 bits per heavy atom. The maximum absolute atomic E-state index is 2.41. The van der Waals surface area contributed by atoms with Gasteiger partial charge in [-0.15, -0.1) is 0 Å². The Bertz CT molecular complexity index is 196. The molecule has 0 saturated heterocycles. The Balaban J connectivity index is 2.22. The molecular weight excluding hydrogens is 120 g/mol. The lowest BCUT2D eigenvalue weighted by Crippen LogP contribution is -1.98. The summed E-state index contributed by atoms with van der Waals surface area (Å²) < 4.78 is 0. The molecule has 0 N–H and O–H groups in total. The number of allylic oxidation sites excluding steroid dienone is 4. The summed E-state index contributed by atoms with van der Waals surface area (Å²) in [4.78, 5) is 0. The Kier molecular flexibility index (Phi) is 1.33. The average Bonchev–Trinajstić information content (AvgIpc) is 2.33. The van der Waals surface area contributed by atoms with Gasteiger partial charge in [0.1, 0.15) is 5.57 Å². The minimum Gasteiger partial charge on any atom is -0.0381 e. The highest BCUT2D eigenvalue weighted by molar-refractivity contribution is 5.39. The van der Waals surface area contributed by atoms with E-state index in [0.717, 1.165) is 0 Å². The standard InChI is InChI=1S/C10H13/c1-8-5-6-9-3-2-4-10(9)7-8/h5-8H,2-4H2,1H3/q+1/t8-/m1/s1. The van der Waals surface area contributed by atoms with Gasteiger partial charge in [0, 0.05) is 18.9 Å². The molecule has 1 atom stereocenters. The molecule has 2 aliphatic rings. The molecule has 0 amide bonds. The van der Waals surface area contributed by atoms with Gasteiger partial charge in [-0.05, 0) is 19.4 Å². The van der Waals surface area contributed by atoms with Crippen LogP contribution in [0.3, 0.4) is 0 Å². The van der Waals surface area contributed by atoms with E-state index < -0.39 is 0 Å². The van der Waals surface area contributed by atoms with E-state index in [-0.39, 0.29) is 0 Å². The molecule has 0 aromatic rings. The lowest BCUT2D eigenvalue weighted by molar-refractivity contribution is 0.829. The third kappa shape index (κ3) is 0.880. The molecule has 2 aliphatic carbocycles. The first-order valence-electron chi connectivity index (χ1n) is 4.11. The fourth-order valence-electron chi connectivity index (χ4n) is 1.81. The summed E-state index contributed by atoms with van der Waals surface area (Å²) in [6.45, 7) is 2.25. The van der Waals surface area contributed by atoms with Gasteiger partial charge in [0.2, 0.25) is 0 Å². The van der Waals surface area contributed by atoms with Crippen molar-refractivity contribution in [3.63, 3.8) is 0 Å². The first-order valence-corrected chi connectivity index (χ1v) is 4.11. The predicted molar refractivity (Wildman–Crippen MR) is 43.5 cm³/mol. The summed E-state index contributed by atoms with van der Waals surface area (Å²) in [5.74, 6) is 0.678. The van der Waals surface area contributed by atoms with Crippen molar-refractivity contribution in [1.82, 2.24) is 0 Å². The SMILES string of the molecule is C[C@@H]1C=CC2=C([CH+]1)CCC2. The molecule has 0 nitrogen and oxygen atoms in total. The largest absolute Gasteiger partial charge is 0.110 e. The van der Waals surface area contributed by atoms with Crippen LogP contribution in [0, 0.1) is 12.3 Å². The second kappa shape index (κ2) is 2.19. The van der Waals surface area contributed by atoms with Crippen LogP contribution in [0.15, 0.2) is 23.3 Å². The van der Waals surface area contributed by atoms with Gasteiger partial charge < -0.3 is 0 Å². The first-order chi connectivity index (χ1) is 4.86. The number of hydrogen-bond acceptors (Lipinski definition) is 0. The van der Waals surface area contributed by atoms with Crippen molar-refractivity contribution in [1.29, 1.82) is 0 Å². The zero-order chi connectivity index (χ0) is 6.97. The van der Waals surface area contributed by atoms with Crippen LogP contribution < -0.4 is 0 Å². The second-order valence-electron chi connectivity index (χ2n) is 3.29. The molecule has 52 valence electrons. The average molecular weight is 133 g/mol. The zero-order valence-electron chi connectivity index (χ0n) is 6.43. The van der Waals surface area contributed by atoms with E-state index in [2.05, 4.69) is 25.5 Å². The fraction of sp³-hybridized carbons (Fsp3) is 0.500. The minimum atomic E-state index is 0.678. The summed E-state index contributed by atoms with van der Waals surface area (Å²) in [6, 6.07) is 0. The van der Waals surface area contributed by atoms with E-state index in [9.17, 15) is 0 Å². The van der Waals surface area contributed by atoms with Gasteiger partial charge in [0.15, 0.2) is 0 Å². The van der Waals surface area contributed by atoms with Crippen molar-refractivity contribution in [2.45, 2.75) is 26.2 Å². The topological polar surface area (TPSA) is 0 Å². The monoisotopic (exact) mass is 133 g/mol. The van der Waals surface area contributed by atoms with Gasteiger partial charge in [0.25, 0.3) is 0 Å². The molecule has 2 rings (SSSR count). The second-order valence-corrected chi connectivity index (χ2v) is 3.29. The number of rotatable bonds is 0. The number of hydrogen-bond donors (Lipinski definition) is 0. The molecule has 0 spiro atoms. The summed E-state index contributed by atoms with van der Waals surface area (Å²) in [7, 11) is 0. The molecule has 0 radical (unpaired) electrons. The Morgan fingerprint density at radius 1 is 1.50 bits per heavy atom. The predicted octanol–water partition coefficient (Wildman–Crippen LogP) is 2.88. The maximum atomic E-state index is 2.41. The van der Waals surface area contributed by atoms with E-state index in [1.165, 1.54) is 19.3 Å². The first kappa shape index (κ1) is 6.09. The van der Waals surface area contributed by atoms with Crippen LogP contribution in [0.5, 0.6) is 0 Å². The summed E-state index contributed by atoms with van der Waals surface area (Å²) >= 11 is 0. The van der Waals surface area contributed by atoms with Crippen LogP contribution in [0.25, 0.3) is 0 Å². The maximum Gasteiger partial charge on any atom is 0.110 e.